The molecule has 1 aromatic rings. The van der Waals surface area contributed by atoms with Gasteiger partial charge in [-0.3, -0.25) is 14.4 Å². The number of aliphatic hydroxyl groups excluding tert-OH is 1. The Bertz CT molecular complexity index is 498. The molecule has 1 aliphatic heterocycles. The van der Waals surface area contributed by atoms with E-state index in [0.29, 0.717) is 18.9 Å². The predicted octanol–water partition coefficient (Wildman–Crippen LogP) is 0.580. The van der Waals surface area contributed by atoms with Crippen LogP contribution in [0.4, 0.5) is 0 Å². The number of likely N-dealkylation sites (tertiary alicyclic amines) is 1. The van der Waals surface area contributed by atoms with E-state index >= 15 is 0 Å². The molecule has 1 aromatic heterocycles. The molecule has 1 unspecified atom stereocenters. The zero-order valence-electron chi connectivity index (χ0n) is 13.0. The van der Waals surface area contributed by atoms with E-state index in [1.807, 2.05) is 11.6 Å². The molecule has 0 radical (unpaired) electrons. The maximum Gasteiger partial charge on any atom is 0.217 e. The number of rotatable bonds is 6. The number of piperidine rings is 1. The van der Waals surface area contributed by atoms with Crippen LogP contribution in [0.2, 0.25) is 0 Å². The van der Waals surface area contributed by atoms with Crippen LogP contribution in [0, 0.1) is 19.8 Å². The maximum absolute atomic E-state index is 11.1. The van der Waals surface area contributed by atoms with Crippen LogP contribution in [-0.4, -0.2) is 45.4 Å². The van der Waals surface area contributed by atoms with Gasteiger partial charge in [-0.1, -0.05) is 0 Å². The SMILES string of the molecule is Cc1nn(CCO)c(C)c1CN1CCCC(CC(N)=O)C1. The average Bonchev–Trinajstić information content (AvgIpc) is 2.67. The Balaban J connectivity index is 2.02. The monoisotopic (exact) mass is 294 g/mol. The highest BCUT2D eigenvalue weighted by atomic mass is 16.3. The minimum atomic E-state index is -0.204. The lowest BCUT2D eigenvalue weighted by Gasteiger charge is -2.32. The minimum absolute atomic E-state index is 0.103. The number of primary amides is 1. The first kappa shape index (κ1) is 16.0. The van der Waals surface area contributed by atoms with Crippen molar-refractivity contribution in [3.8, 4) is 0 Å². The summed E-state index contributed by atoms with van der Waals surface area (Å²) in [5.41, 5.74) is 8.70. The molecule has 1 aliphatic rings. The van der Waals surface area contributed by atoms with Crippen molar-refractivity contribution in [3.05, 3.63) is 17.0 Å². The molecule has 0 aromatic carbocycles. The fourth-order valence-electron chi connectivity index (χ4n) is 3.24. The Morgan fingerprint density at radius 2 is 2.24 bits per heavy atom. The van der Waals surface area contributed by atoms with E-state index in [2.05, 4.69) is 16.9 Å². The third kappa shape index (κ3) is 4.04. The Morgan fingerprint density at radius 1 is 1.48 bits per heavy atom. The number of aromatic nitrogens is 2. The lowest BCUT2D eigenvalue weighted by molar-refractivity contribution is -0.119. The lowest BCUT2D eigenvalue weighted by Crippen LogP contribution is -2.36. The van der Waals surface area contributed by atoms with Crippen molar-refractivity contribution in [1.82, 2.24) is 14.7 Å². The van der Waals surface area contributed by atoms with Gasteiger partial charge in [0.05, 0.1) is 18.8 Å². The molecule has 1 atom stereocenters. The first-order valence-corrected chi connectivity index (χ1v) is 7.65. The number of amides is 1. The summed E-state index contributed by atoms with van der Waals surface area (Å²) in [6.07, 6.45) is 2.68. The van der Waals surface area contributed by atoms with Crippen LogP contribution < -0.4 is 5.73 Å². The largest absolute Gasteiger partial charge is 0.394 e. The van der Waals surface area contributed by atoms with Crippen molar-refractivity contribution in [2.75, 3.05) is 19.7 Å². The third-order valence-corrected chi connectivity index (χ3v) is 4.32. The Kier molecular flexibility index (Phi) is 5.36. The predicted molar refractivity (Wildman–Crippen MR) is 80.6 cm³/mol. The summed E-state index contributed by atoms with van der Waals surface area (Å²) in [4.78, 5) is 13.5. The van der Waals surface area contributed by atoms with Crippen LogP contribution in [-0.2, 0) is 17.9 Å². The molecule has 0 spiro atoms. The van der Waals surface area contributed by atoms with Gasteiger partial charge < -0.3 is 10.8 Å². The standard InChI is InChI=1S/C15H26N4O2/c1-11-14(12(2)19(17-11)6-7-20)10-18-5-3-4-13(9-18)8-15(16)21/h13,20H,3-10H2,1-2H3,(H2,16,21). The molecule has 21 heavy (non-hydrogen) atoms. The zero-order valence-corrected chi connectivity index (χ0v) is 13.0. The van der Waals surface area contributed by atoms with Crippen molar-refractivity contribution in [1.29, 1.82) is 0 Å². The van der Waals surface area contributed by atoms with E-state index in [1.165, 1.54) is 5.56 Å². The Morgan fingerprint density at radius 3 is 2.90 bits per heavy atom. The lowest BCUT2D eigenvalue weighted by atomic mass is 9.94. The molecule has 1 saturated heterocycles. The topological polar surface area (TPSA) is 84.4 Å². The summed E-state index contributed by atoms with van der Waals surface area (Å²) in [6.45, 7) is 7.55. The maximum atomic E-state index is 11.1. The second kappa shape index (κ2) is 7.04. The molecule has 2 heterocycles. The van der Waals surface area contributed by atoms with Gasteiger partial charge in [-0.05, 0) is 39.2 Å². The van der Waals surface area contributed by atoms with Gasteiger partial charge in [0.25, 0.3) is 0 Å². The van der Waals surface area contributed by atoms with E-state index in [1.54, 1.807) is 0 Å². The molecular weight excluding hydrogens is 268 g/mol. The Hall–Kier alpha value is -1.40. The van der Waals surface area contributed by atoms with Gasteiger partial charge in [-0.15, -0.1) is 0 Å². The average molecular weight is 294 g/mol. The van der Waals surface area contributed by atoms with E-state index < -0.39 is 0 Å². The fraction of sp³-hybridized carbons (Fsp3) is 0.733. The van der Waals surface area contributed by atoms with Crippen LogP contribution in [0.1, 0.15) is 36.2 Å². The smallest absolute Gasteiger partial charge is 0.217 e. The summed E-state index contributed by atoms with van der Waals surface area (Å²) >= 11 is 0. The number of nitrogens with two attached hydrogens (primary N) is 1. The van der Waals surface area contributed by atoms with E-state index in [-0.39, 0.29) is 12.5 Å². The summed E-state index contributed by atoms with van der Waals surface area (Å²) < 4.78 is 1.87. The van der Waals surface area contributed by atoms with Crippen molar-refractivity contribution in [2.45, 2.75) is 46.2 Å². The molecule has 0 bridgehead atoms. The molecule has 2 rings (SSSR count). The van der Waals surface area contributed by atoms with Crippen LogP contribution >= 0.6 is 0 Å². The van der Waals surface area contributed by atoms with Crippen LogP contribution in [0.3, 0.4) is 0 Å². The summed E-state index contributed by atoms with van der Waals surface area (Å²) in [7, 11) is 0. The van der Waals surface area contributed by atoms with Gasteiger partial charge in [0.2, 0.25) is 5.91 Å². The number of carbonyl (C=O) groups is 1. The van der Waals surface area contributed by atoms with Gasteiger partial charge >= 0.3 is 0 Å². The van der Waals surface area contributed by atoms with E-state index in [4.69, 9.17) is 10.8 Å². The quantitative estimate of drug-likeness (QED) is 0.804. The summed E-state index contributed by atoms with van der Waals surface area (Å²) in [6, 6.07) is 0. The van der Waals surface area contributed by atoms with Crippen molar-refractivity contribution in [3.63, 3.8) is 0 Å². The molecule has 1 amide bonds. The van der Waals surface area contributed by atoms with Crippen molar-refractivity contribution < 1.29 is 9.90 Å². The van der Waals surface area contributed by atoms with Crippen LogP contribution in [0.15, 0.2) is 0 Å². The van der Waals surface area contributed by atoms with Gasteiger partial charge in [0, 0.05) is 30.8 Å². The number of hydrogen-bond donors (Lipinski definition) is 2. The molecule has 3 N–H and O–H groups in total. The normalized spacial score (nSPS) is 19.9. The second-order valence-corrected chi connectivity index (χ2v) is 6.01. The number of nitrogens with zero attached hydrogens (tertiary/aromatic N) is 3. The van der Waals surface area contributed by atoms with Gasteiger partial charge in [0.1, 0.15) is 0 Å². The van der Waals surface area contributed by atoms with Crippen molar-refractivity contribution >= 4 is 5.91 Å². The molecule has 1 fully saturated rings. The summed E-state index contributed by atoms with van der Waals surface area (Å²) in [5, 5.41) is 13.6. The highest BCUT2D eigenvalue weighted by Crippen LogP contribution is 2.23. The number of aryl methyl sites for hydroxylation is 1. The number of hydrogen-bond acceptors (Lipinski definition) is 4. The second-order valence-electron chi connectivity index (χ2n) is 6.01. The molecule has 6 nitrogen and oxygen atoms in total. The van der Waals surface area contributed by atoms with E-state index in [9.17, 15) is 4.79 Å². The molecule has 118 valence electrons. The summed E-state index contributed by atoms with van der Waals surface area (Å²) in [5.74, 6) is 0.175. The van der Waals surface area contributed by atoms with Crippen LogP contribution in [0.5, 0.6) is 0 Å². The molecule has 0 aliphatic carbocycles. The van der Waals surface area contributed by atoms with Crippen LogP contribution in [0.25, 0.3) is 0 Å². The minimum Gasteiger partial charge on any atom is -0.394 e. The Labute approximate surface area is 125 Å². The highest BCUT2D eigenvalue weighted by molar-refractivity contribution is 5.74. The number of aliphatic hydroxyl groups is 1. The number of carbonyl (C=O) groups excluding carboxylic acids is 1. The highest BCUT2D eigenvalue weighted by Gasteiger charge is 2.23. The first-order chi connectivity index (χ1) is 10.0. The molecule has 0 saturated carbocycles. The van der Waals surface area contributed by atoms with Gasteiger partial charge in [-0.2, -0.15) is 5.10 Å². The fourth-order valence-corrected chi connectivity index (χ4v) is 3.24. The molecule has 6 heteroatoms. The van der Waals surface area contributed by atoms with Gasteiger partial charge in [0.15, 0.2) is 0 Å². The first-order valence-electron chi connectivity index (χ1n) is 7.65. The molecular formula is C15H26N4O2. The zero-order chi connectivity index (χ0) is 15.4. The van der Waals surface area contributed by atoms with E-state index in [0.717, 1.165) is 43.9 Å². The van der Waals surface area contributed by atoms with Crippen molar-refractivity contribution in [2.24, 2.45) is 11.7 Å². The van der Waals surface area contributed by atoms with Gasteiger partial charge in [-0.25, -0.2) is 0 Å². The third-order valence-electron chi connectivity index (χ3n) is 4.32.